The number of nitrogen functional groups attached to an aromatic ring is 1. The average molecular weight is 336 g/mol. The van der Waals surface area contributed by atoms with Gasteiger partial charge in [-0.05, 0) is 43.9 Å². The third kappa shape index (κ3) is 2.74. The summed E-state index contributed by atoms with van der Waals surface area (Å²) in [5.41, 5.74) is 8.65. The Morgan fingerprint density at radius 3 is 2.75 bits per heavy atom. The molecule has 0 unspecified atom stereocenters. The molecule has 0 amide bonds. The van der Waals surface area contributed by atoms with Crippen LogP contribution in [-0.4, -0.2) is 22.2 Å². The van der Waals surface area contributed by atoms with Crippen molar-refractivity contribution >= 4 is 38.2 Å². The normalized spacial score (nSPS) is 22.9. The molecule has 1 saturated carbocycles. The Morgan fingerprint density at radius 2 is 2.00 bits per heavy atom. The summed E-state index contributed by atoms with van der Waals surface area (Å²) < 4.78 is 1.01. The Kier molecular flexibility index (Phi) is 3.81. The maximum atomic E-state index is 9.59. The van der Waals surface area contributed by atoms with Gasteiger partial charge in [-0.15, -0.1) is 0 Å². The predicted molar refractivity (Wildman–Crippen MR) is 85.7 cm³/mol. The topological polar surface area (TPSA) is 71.2 Å². The van der Waals surface area contributed by atoms with E-state index in [1.165, 1.54) is 0 Å². The first-order valence-corrected chi connectivity index (χ1v) is 7.71. The van der Waals surface area contributed by atoms with E-state index in [1.54, 1.807) is 6.20 Å². The van der Waals surface area contributed by atoms with Crippen LogP contribution < -0.4 is 11.1 Å². The molecule has 4 nitrogen and oxygen atoms in total. The lowest BCUT2D eigenvalue weighted by Gasteiger charge is -2.28. The number of hydrogen-bond acceptors (Lipinski definition) is 4. The fraction of sp³-hybridized carbons (Fsp3) is 0.400. The number of halogens is 1. The molecule has 1 aliphatic rings. The fourth-order valence-corrected chi connectivity index (χ4v) is 3.13. The SMILES string of the molecule is Nc1cnc2ccc(Br)cc2c1NC1CCC(O)CC1. The van der Waals surface area contributed by atoms with E-state index >= 15 is 0 Å². The molecule has 0 radical (unpaired) electrons. The van der Waals surface area contributed by atoms with Gasteiger partial charge in [0.25, 0.3) is 0 Å². The second kappa shape index (κ2) is 5.58. The quantitative estimate of drug-likeness (QED) is 0.787. The number of anilines is 2. The molecule has 1 aliphatic carbocycles. The number of nitrogens with two attached hydrogens (primary N) is 1. The van der Waals surface area contributed by atoms with Crippen molar-refractivity contribution in [3.8, 4) is 0 Å². The molecule has 1 heterocycles. The smallest absolute Gasteiger partial charge is 0.0743 e. The van der Waals surface area contributed by atoms with E-state index in [4.69, 9.17) is 5.73 Å². The first-order chi connectivity index (χ1) is 9.63. The van der Waals surface area contributed by atoms with Crippen molar-refractivity contribution in [3.05, 3.63) is 28.9 Å². The maximum absolute atomic E-state index is 9.59. The van der Waals surface area contributed by atoms with Crippen molar-refractivity contribution in [1.29, 1.82) is 0 Å². The number of aliphatic hydroxyl groups is 1. The summed E-state index contributed by atoms with van der Waals surface area (Å²) in [5.74, 6) is 0. The highest BCUT2D eigenvalue weighted by molar-refractivity contribution is 9.10. The van der Waals surface area contributed by atoms with Gasteiger partial charge in [0.1, 0.15) is 0 Å². The van der Waals surface area contributed by atoms with Gasteiger partial charge < -0.3 is 16.2 Å². The van der Waals surface area contributed by atoms with Crippen molar-refractivity contribution < 1.29 is 5.11 Å². The van der Waals surface area contributed by atoms with Gasteiger partial charge in [0.2, 0.25) is 0 Å². The van der Waals surface area contributed by atoms with Gasteiger partial charge in [-0.1, -0.05) is 15.9 Å². The van der Waals surface area contributed by atoms with E-state index in [0.717, 1.165) is 46.7 Å². The molecule has 5 heteroatoms. The van der Waals surface area contributed by atoms with E-state index in [-0.39, 0.29) is 6.10 Å². The molecule has 4 N–H and O–H groups in total. The number of nitrogens with zero attached hydrogens (tertiary/aromatic N) is 1. The van der Waals surface area contributed by atoms with Crippen LogP contribution in [0.3, 0.4) is 0 Å². The van der Waals surface area contributed by atoms with E-state index in [2.05, 4.69) is 26.2 Å². The first-order valence-electron chi connectivity index (χ1n) is 6.92. The molecular weight excluding hydrogens is 318 g/mol. The van der Waals surface area contributed by atoms with E-state index in [0.29, 0.717) is 11.7 Å². The van der Waals surface area contributed by atoms with Crippen molar-refractivity contribution in [2.75, 3.05) is 11.1 Å². The summed E-state index contributed by atoms with van der Waals surface area (Å²) in [6, 6.07) is 6.37. The standard InChI is InChI=1S/C15H18BrN3O/c16-9-1-6-14-12(7-9)15(13(17)8-18-14)19-10-2-4-11(20)5-3-10/h1,6-8,10-11,20H,2-5,17H2,(H,18,19). The molecule has 3 rings (SSSR count). The minimum atomic E-state index is -0.145. The molecule has 0 bridgehead atoms. The van der Waals surface area contributed by atoms with E-state index in [1.807, 2.05) is 18.2 Å². The molecule has 1 fully saturated rings. The minimum Gasteiger partial charge on any atom is -0.396 e. The zero-order valence-corrected chi connectivity index (χ0v) is 12.7. The largest absolute Gasteiger partial charge is 0.396 e. The number of aliphatic hydroxyl groups excluding tert-OH is 1. The molecule has 0 atom stereocenters. The zero-order valence-electron chi connectivity index (χ0n) is 11.1. The van der Waals surface area contributed by atoms with Gasteiger partial charge >= 0.3 is 0 Å². The van der Waals surface area contributed by atoms with Crippen LogP contribution in [0, 0.1) is 0 Å². The van der Waals surface area contributed by atoms with Crippen molar-refractivity contribution in [1.82, 2.24) is 4.98 Å². The molecule has 2 aromatic rings. The van der Waals surface area contributed by atoms with E-state index in [9.17, 15) is 5.11 Å². The molecule has 1 aromatic carbocycles. The Hall–Kier alpha value is -1.33. The summed E-state index contributed by atoms with van der Waals surface area (Å²) in [6.45, 7) is 0. The Labute approximate surface area is 126 Å². The zero-order chi connectivity index (χ0) is 14.1. The van der Waals surface area contributed by atoms with Crippen LogP contribution in [0.25, 0.3) is 10.9 Å². The Morgan fingerprint density at radius 1 is 1.25 bits per heavy atom. The molecule has 20 heavy (non-hydrogen) atoms. The third-order valence-corrected chi connectivity index (χ3v) is 4.40. The van der Waals surface area contributed by atoms with Gasteiger partial charge in [0, 0.05) is 15.9 Å². The molecule has 0 aliphatic heterocycles. The molecular formula is C15H18BrN3O. The van der Waals surface area contributed by atoms with Gasteiger partial charge in [-0.3, -0.25) is 4.98 Å². The highest BCUT2D eigenvalue weighted by Gasteiger charge is 2.20. The van der Waals surface area contributed by atoms with Crippen LogP contribution in [-0.2, 0) is 0 Å². The second-order valence-corrected chi connectivity index (χ2v) is 6.32. The lowest BCUT2D eigenvalue weighted by molar-refractivity contribution is 0.126. The number of pyridine rings is 1. The summed E-state index contributed by atoms with van der Waals surface area (Å²) >= 11 is 3.49. The number of nitrogens with one attached hydrogen (secondary N) is 1. The van der Waals surface area contributed by atoms with Crippen LogP contribution in [0.1, 0.15) is 25.7 Å². The maximum Gasteiger partial charge on any atom is 0.0743 e. The fourth-order valence-electron chi connectivity index (χ4n) is 2.77. The number of aromatic nitrogens is 1. The molecule has 0 spiro atoms. The monoisotopic (exact) mass is 335 g/mol. The molecule has 106 valence electrons. The Balaban J connectivity index is 1.93. The lowest BCUT2D eigenvalue weighted by Crippen LogP contribution is -2.28. The van der Waals surface area contributed by atoms with Crippen LogP contribution in [0.15, 0.2) is 28.9 Å². The summed E-state index contributed by atoms with van der Waals surface area (Å²) in [6.07, 6.45) is 5.20. The minimum absolute atomic E-state index is 0.145. The van der Waals surface area contributed by atoms with Gasteiger partial charge in [0.05, 0.1) is 29.2 Å². The highest BCUT2D eigenvalue weighted by Crippen LogP contribution is 2.32. The van der Waals surface area contributed by atoms with Crippen molar-refractivity contribution in [2.45, 2.75) is 37.8 Å². The highest BCUT2D eigenvalue weighted by atomic mass is 79.9. The van der Waals surface area contributed by atoms with Gasteiger partial charge in [0.15, 0.2) is 0 Å². The number of fused-ring (bicyclic) bond motifs is 1. The summed E-state index contributed by atoms with van der Waals surface area (Å²) in [5, 5.41) is 14.2. The second-order valence-electron chi connectivity index (χ2n) is 5.40. The predicted octanol–water partition coefficient (Wildman–Crippen LogP) is 3.29. The third-order valence-electron chi connectivity index (χ3n) is 3.90. The van der Waals surface area contributed by atoms with Crippen LogP contribution in [0.4, 0.5) is 11.4 Å². The van der Waals surface area contributed by atoms with Crippen LogP contribution in [0.2, 0.25) is 0 Å². The first kappa shape index (κ1) is 13.6. The number of benzene rings is 1. The summed E-state index contributed by atoms with van der Waals surface area (Å²) in [4.78, 5) is 4.36. The number of hydrogen-bond donors (Lipinski definition) is 3. The van der Waals surface area contributed by atoms with Crippen LogP contribution in [0.5, 0.6) is 0 Å². The Bertz CT molecular complexity index is 619. The van der Waals surface area contributed by atoms with Crippen molar-refractivity contribution in [3.63, 3.8) is 0 Å². The molecule has 0 saturated heterocycles. The molecule has 1 aromatic heterocycles. The van der Waals surface area contributed by atoms with Crippen molar-refractivity contribution in [2.24, 2.45) is 0 Å². The van der Waals surface area contributed by atoms with Gasteiger partial charge in [-0.25, -0.2) is 0 Å². The summed E-state index contributed by atoms with van der Waals surface area (Å²) in [7, 11) is 0. The average Bonchev–Trinajstić information content (AvgIpc) is 2.44. The number of rotatable bonds is 2. The van der Waals surface area contributed by atoms with Crippen LogP contribution >= 0.6 is 15.9 Å². The lowest BCUT2D eigenvalue weighted by atomic mass is 9.93. The van der Waals surface area contributed by atoms with Gasteiger partial charge in [-0.2, -0.15) is 0 Å². The van der Waals surface area contributed by atoms with E-state index < -0.39 is 0 Å².